The third-order valence-electron chi connectivity index (χ3n) is 3.05. The summed E-state index contributed by atoms with van der Waals surface area (Å²) in [7, 11) is 0. The summed E-state index contributed by atoms with van der Waals surface area (Å²) in [6, 6.07) is 9.09. The number of thioether (sulfide) groups is 1. The molecule has 0 fully saturated rings. The number of anilines is 1. The monoisotopic (exact) mass is 385 g/mol. The van der Waals surface area contributed by atoms with Gasteiger partial charge in [0.15, 0.2) is 0 Å². The Kier molecular flexibility index (Phi) is 5.93. The average Bonchev–Trinajstić information content (AvgIpc) is 2.55. The maximum Gasteiger partial charge on any atom is 0.417 e. The number of amides is 1. The number of nitrogens with one attached hydrogen (secondary N) is 1. The number of rotatable bonds is 4. The van der Waals surface area contributed by atoms with Crippen LogP contribution < -0.4 is 5.32 Å². The van der Waals surface area contributed by atoms with Crippen LogP contribution in [0.3, 0.4) is 0 Å². The van der Waals surface area contributed by atoms with Gasteiger partial charge in [-0.25, -0.2) is 4.98 Å². The zero-order valence-electron chi connectivity index (χ0n) is 12.8. The number of nitrogens with zero attached hydrogens (tertiary/aromatic N) is 2. The van der Waals surface area contributed by atoms with Crippen LogP contribution in [0.4, 0.5) is 18.9 Å². The van der Waals surface area contributed by atoms with Gasteiger partial charge in [0.2, 0.25) is 5.91 Å². The highest BCUT2D eigenvalue weighted by molar-refractivity contribution is 8.00. The summed E-state index contributed by atoms with van der Waals surface area (Å²) < 4.78 is 37.8. The smallest absolute Gasteiger partial charge is 0.325 e. The zero-order chi connectivity index (χ0) is 18.6. The van der Waals surface area contributed by atoms with Crippen LogP contribution in [0.5, 0.6) is 0 Å². The first-order chi connectivity index (χ1) is 11.7. The number of halogens is 4. The van der Waals surface area contributed by atoms with Crippen molar-refractivity contribution in [1.29, 1.82) is 5.26 Å². The van der Waals surface area contributed by atoms with E-state index in [9.17, 15) is 18.0 Å². The fourth-order valence-corrected chi connectivity index (χ4v) is 2.88. The van der Waals surface area contributed by atoms with E-state index in [-0.39, 0.29) is 10.0 Å². The molecule has 25 heavy (non-hydrogen) atoms. The van der Waals surface area contributed by atoms with Gasteiger partial charge in [-0.2, -0.15) is 18.4 Å². The van der Waals surface area contributed by atoms with Crippen LogP contribution >= 0.6 is 23.4 Å². The lowest BCUT2D eigenvalue weighted by Gasteiger charge is -2.13. The first-order valence-electron chi connectivity index (χ1n) is 6.91. The van der Waals surface area contributed by atoms with Gasteiger partial charge in [0.05, 0.1) is 27.5 Å². The highest BCUT2D eigenvalue weighted by atomic mass is 35.5. The van der Waals surface area contributed by atoms with Crippen molar-refractivity contribution in [2.45, 2.75) is 23.4 Å². The van der Waals surface area contributed by atoms with Crippen LogP contribution in [-0.4, -0.2) is 16.1 Å². The molecule has 0 spiro atoms. The Morgan fingerprint density at radius 3 is 2.72 bits per heavy atom. The maximum absolute atomic E-state index is 12.6. The molecule has 1 aromatic heterocycles. The quantitative estimate of drug-likeness (QED) is 0.771. The van der Waals surface area contributed by atoms with Gasteiger partial charge >= 0.3 is 6.18 Å². The molecule has 1 atom stereocenters. The first-order valence-corrected chi connectivity index (χ1v) is 8.17. The summed E-state index contributed by atoms with van der Waals surface area (Å²) in [5.74, 6) is -0.391. The van der Waals surface area contributed by atoms with E-state index in [1.54, 1.807) is 25.1 Å². The second-order valence-electron chi connectivity index (χ2n) is 4.95. The molecular formula is C16H11ClF3N3OS. The van der Waals surface area contributed by atoms with Crippen molar-refractivity contribution in [1.82, 2.24) is 4.98 Å². The van der Waals surface area contributed by atoms with Crippen LogP contribution in [0.15, 0.2) is 41.6 Å². The Labute approximate surface area is 151 Å². The minimum Gasteiger partial charge on any atom is -0.325 e. The molecule has 1 N–H and O–H groups in total. The number of aromatic nitrogens is 1. The number of carbonyl (C=O) groups excluding carboxylic acids is 1. The van der Waals surface area contributed by atoms with Gasteiger partial charge in [0.25, 0.3) is 0 Å². The molecule has 2 aromatic rings. The molecule has 0 saturated heterocycles. The summed E-state index contributed by atoms with van der Waals surface area (Å²) in [5.41, 5.74) is -0.110. The minimum absolute atomic E-state index is 0.128. The van der Waals surface area contributed by atoms with E-state index >= 15 is 0 Å². The van der Waals surface area contributed by atoms with Gasteiger partial charge in [-0.3, -0.25) is 4.79 Å². The number of hydrogen-bond acceptors (Lipinski definition) is 4. The molecule has 0 radical (unpaired) electrons. The van der Waals surface area contributed by atoms with Crippen molar-refractivity contribution in [3.05, 3.63) is 52.7 Å². The Bertz CT molecular complexity index is 836. The molecule has 0 aliphatic heterocycles. The zero-order valence-corrected chi connectivity index (χ0v) is 14.3. The predicted molar refractivity (Wildman–Crippen MR) is 89.4 cm³/mol. The van der Waals surface area contributed by atoms with Gasteiger partial charge in [-0.1, -0.05) is 29.4 Å². The van der Waals surface area contributed by atoms with Crippen molar-refractivity contribution in [3.63, 3.8) is 0 Å². The van der Waals surface area contributed by atoms with Crippen molar-refractivity contribution in [2.75, 3.05) is 5.32 Å². The third-order valence-corrected chi connectivity index (χ3v) is 4.57. The lowest BCUT2D eigenvalue weighted by atomic mass is 10.2. The third kappa shape index (κ3) is 5.11. The molecular weight excluding hydrogens is 375 g/mol. The van der Waals surface area contributed by atoms with E-state index < -0.39 is 22.9 Å². The standard InChI is InChI=1S/C16H11ClF3N3OS/c1-9(14(24)23-12-4-2-3-10(5-12)7-21)25-15-13(17)6-11(8-22-15)16(18,19)20/h2-6,8-9H,1H3,(H,23,24)/t9-/m0/s1. The van der Waals surface area contributed by atoms with Crippen LogP contribution in [0.1, 0.15) is 18.1 Å². The molecule has 0 aliphatic rings. The topological polar surface area (TPSA) is 65.8 Å². The van der Waals surface area contributed by atoms with E-state index in [0.717, 1.165) is 17.8 Å². The van der Waals surface area contributed by atoms with Gasteiger partial charge in [-0.05, 0) is 31.2 Å². The van der Waals surface area contributed by atoms with E-state index in [1.807, 2.05) is 6.07 Å². The maximum atomic E-state index is 12.6. The van der Waals surface area contributed by atoms with Crippen molar-refractivity contribution in [3.8, 4) is 6.07 Å². The summed E-state index contributed by atoms with van der Waals surface area (Å²) in [5, 5.41) is 10.8. The van der Waals surface area contributed by atoms with Crippen molar-refractivity contribution >= 4 is 35.0 Å². The molecule has 130 valence electrons. The second kappa shape index (κ2) is 7.76. The molecule has 1 amide bonds. The molecule has 0 bridgehead atoms. The van der Waals surface area contributed by atoms with Crippen LogP contribution in [-0.2, 0) is 11.0 Å². The Morgan fingerprint density at radius 1 is 1.40 bits per heavy atom. The second-order valence-corrected chi connectivity index (χ2v) is 6.69. The molecule has 0 aliphatic carbocycles. The predicted octanol–water partition coefficient (Wildman–Crippen LogP) is 4.74. The van der Waals surface area contributed by atoms with Crippen LogP contribution in [0.25, 0.3) is 0 Å². The normalized spacial score (nSPS) is 12.3. The number of nitriles is 1. The highest BCUT2D eigenvalue weighted by Gasteiger charge is 2.32. The van der Waals surface area contributed by atoms with Gasteiger partial charge < -0.3 is 5.32 Å². The lowest BCUT2D eigenvalue weighted by molar-refractivity contribution is -0.137. The Hall–Kier alpha value is -2.24. The minimum atomic E-state index is -4.53. The van der Waals surface area contributed by atoms with E-state index in [1.165, 1.54) is 6.07 Å². The van der Waals surface area contributed by atoms with Crippen molar-refractivity contribution in [2.24, 2.45) is 0 Å². The lowest BCUT2D eigenvalue weighted by Crippen LogP contribution is -2.22. The molecule has 2 rings (SSSR count). The van der Waals surface area contributed by atoms with E-state index in [2.05, 4.69) is 10.3 Å². The number of pyridine rings is 1. The summed E-state index contributed by atoms with van der Waals surface area (Å²) in [6.45, 7) is 1.57. The van der Waals surface area contributed by atoms with E-state index in [4.69, 9.17) is 16.9 Å². The molecule has 1 aromatic carbocycles. The summed E-state index contributed by atoms with van der Waals surface area (Å²) >= 11 is 6.77. The SMILES string of the molecule is C[C@H](Sc1ncc(C(F)(F)F)cc1Cl)C(=O)Nc1cccc(C#N)c1. The van der Waals surface area contributed by atoms with Crippen LogP contribution in [0, 0.1) is 11.3 Å². The number of carbonyl (C=O) groups is 1. The first kappa shape index (κ1) is 19.1. The molecule has 0 unspecified atom stereocenters. The Balaban J connectivity index is 2.07. The largest absolute Gasteiger partial charge is 0.417 e. The van der Waals surface area contributed by atoms with Crippen molar-refractivity contribution < 1.29 is 18.0 Å². The van der Waals surface area contributed by atoms with Gasteiger partial charge in [0, 0.05) is 11.9 Å². The number of hydrogen-bond donors (Lipinski definition) is 1. The number of benzene rings is 1. The Morgan fingerprint density at radius 2 is 2.12 bits per heavy atom. The molecule has 4 nitrogen and oxygen atoms in total. The van der Waals surface area contributed by atoms with Gasteiger partial charge in [-0.15, -0.1) is 0 Å². The fraction of sp³-hybridized carbons (Fsp3) is 0.188. The fourth-order valence-electron chi connectivity index (χ4n) is 1.80. The summed E-state index contributed by atoms with van der Waals surface area (Å²) in [4.78, 5) is 15.9. The number of alkyl halides is 3. The highest BCUT2D eigenvalue weighted by Crippen LogP contribution is 2.35. The van der Waals surface area contributed by atoms with Gasteiger partial charge in [0.1, 0.15) is 5.03 Å². The molecule has 1 heterocycles. The molecule has 9 heteroatoms. The summed E-state index contributed by atoms with van der Waals surface area (Å²) in [6.07, 6.45) is -3.86. The average molecular weight is 386 g/mol. The van der Waals surface area contributed by atoms with Crippen LogP contribution in [0.2, 0.25) is 5.02 Å². The van der Waals surface area contributed by atoms with E-state index in [0.29, 0.717) is 17.4 Å². The molecule has 0 saturated carbocycles.